The van der Waals surface area contributed by atoms with Gasteiger partial charge in [0.2, 0.25) is 48.3 Å². The van der Waals surface area contributed by atoms with E-state index in [0.717, 1.165) is 22.8 Å². The fourth-order valence-electron chi connectivity index (χ4n) is 10.5. The lowest BCUT2D eigenvalue weighted by Crippen LogP contribution is -2.47. The van der Waals surface area contributed by atoms with Crippen molar-refractivity contribution in [1.29, 1.82) is 0 Å². The highest BCUT2D eigenvalue weighted by molar-refractivity contribution is 7.90. The number of pyridine rings is 2. The highest BCUT2D eigenvalue weighted by Crippen LogP contribution is 2.42. The number of unbranched alkanes of at least 4 members (excludes halogenated alkanes) is 1. The number of hydrogen-bond donors (Lipinski definition) is 5. The Hall–Kier alpha value is -8.99. The van der Waals surface area contributed by atoms with E-state index in [1.807, 2.05) is 24.3 Å². The van der Waals surface area contributed by atoms with E-state index in [0.29, 0.717) is 76.8 Å². The number of cyclic esters (lactones) is 1. The molecule has 93 heavy (non-hydrogen) atoms. The molecule has 0 saturated carbocycles. The van der Waals surface area contributed by atoms with Crippen LogP contribution in [0.25, 0.3) is 32.9 Å². The molecule has 2 aromatic carbocycles. The van der Waals surface area contributed by atoms with Crippen LogP contribution in [-0.2, 0) is 108 Å². The summed E-state index contributed by atoms with van der Waals surface area (Å²) >= 11 is 1.17. The summed E-state index contributed by atoms with van der Waals surface area (Å²) in [7, 11) is -7.11. The number of aromatic nitrogens is 8. The van der Waals surface area contributed by atoms with Gasteiger partial charge < -0.3 is 55.3 Å². The number of esters is 1. The predicted molar refractivity (Wildman–Crippen MR) is 336 cm³/mol. The zero-order valence-electron chi connectivity index (χ0n) is 51.5. The molecule has 2 aliphatic rings. The van der Waals surface area contributed by atoms with Crippen LogP contribution >= 0.6 is 11.3 Å². The topological polar surface area (TPSA) is 398 Å². The summed E-state index contributed by atoms with van der Waals surface area (Å²) < 4.78 is 81.1. The highest BCUT2D eigenvalue weighted by Gasteiger charge is 2.51. The summed E-state index contributed by atoms with van der Waals surface area (Å²) in [5.41, 5.74) is 8.36. The van der Waals surface area contributed by atoms with Gasteiger partial charge in [0.25, 0.3) is 11.5 Å². The third kappa shape index (κ3) is 16.8. The molecule has 0 bridgehead atoms. The van der Waals surface area contributed by atoms with Gasteiger partial charge in [-0.25, -0.2) is 51.0 Å². The molecule has 4 amide bonds. The summed E-state index contributed by atoms with van der Waals surface area (Å²) in [4.78, 5) is 110. The molecule has 0 fully saturated rings. The molecule has 0 spiro atoms. The van der Waals surface area contributed by atoms with Gasteiger partial charge in [-0.15, -0.1) is 16.4 Å². The van der Waals surface area contributed by atoms with Crippen molar-refractivity contribution in [3.63, 3.8) is 0 Å². The second-order valence-corrected chi connectivity index (χ2v) is 26.8. The van der Waals surface area contributed by atoms with Crippen LogP contribution in [0, 0.1) is 0 Å². The molecule has 9 rings (SSSR count). The first-order chi connectivity index (χ1) is 44.5. The van der Waals surface area contributed by atoms with Gasteiger partial charge in [-0.05, 0) is 87.9 Å². The van der Waals surface area contributed by atoms with Crippen molar-refractivity contribution in [1.82, 2.24) is 59.8 Å². The van der Waals surface area contributed by atoms with Crippen molar-refractivity contribution in [2.45, 2.75) is 109 Å². The van der Waals surface area contributed by atoms with Crippen LogP contribution in [0.2, 0.25) is 0 Å². The maximum atomic E-state index is 14.4. The number of sulfonamides is 1. The Morgan fingerprint density at radius 2 is 1.67 bits per heavy atom. The molecular formula is C60H70N14O16S3. The van der Waals surface area contributed by atoms with E-state index >= 15 is 0 Å². The van der Waals surface area contributed by atoms with Crippen molar-refractivity contribution in [2.75, 3.05) is 63.9 Å². The van der Waals surface area contributed by atoms with Gasteiger partial charge in [0, 0.05) is 70.9 Å². The molecule has 0 saturated heterocycles. The molecule has 0 aliphatic carbocycles. The van der Waals surface area contributed by atoms with Crippen LogP contribution < -0.4 is 32.6 Å². The molecule has 494 valence electrons. The lowest BCUT2D eigenvalue weighted by Gasteiger charge is -2.35. The zero-order chi connectivity index (χ0) is 66.6. The highest BCUT2D eigenvalue weighted by atomic mass is 32.2. The minimum absolute atomic E-state index is 0.0639. The molecule has 7 heterocycles. The Balaban J connectivity index is 0.701. The molecule has 33 heteroatoms. The average Bonchev–Trinajstić information content (AvgIpc) is 1.67. The van der Waals surface area contributed by atoms with Crippen LogP contribution in [0.3, 0.4) is 0 Å². The van der Waals surface area contributed by atoms with Gasteiger partial charge in [-0.3, -0.25) is 24.0 Å². The first-order valence-corrected chi connectivity index (χ1v) is 34.2. The van der Waals surface area contributed by atoms with Gasteiger partial charge in [0.15, 0.2) is 0 Å². The lowest BCUT2D eigenvalue weighted by molar-refractivity contribution is -0.175. The van der Waals surface area contributed by atoms with Crippen LogP contribution in [0.1, 0.15) is 90.5 Å². The van der Waals surface area contributed by atoms with Crippen molar-refractivity contribution in [2.24, 2.45) is 5.73 Å². The van der Waals surface area contributed by atoms with Crippen LogP contribution in [-0.4, -0.2) is 167 Å². The fraction of sp³-hybridized carbons (Fsp3) is 0.417. The number of ether oxygens (including phenoxy) is 5. The molecule has 0 radical (unpaired) electrons. The Morgan fingerprint density at radius 1 is 0.914 bits per heavy atom. The maximum absolute atomic E-state index is 14.4. The fourth-order valence-corrected chi connectivity index (χ4v) is 13.0. The summed E-state index contributed by atoms with van der Waals surface area (Å²) in [5.74, 6) is -3.05. The van der Waals surface area contributed by atoms with E-state index in [2.05, 4.69) is 46.5 Å². The molecule has 30 nitrogen and oxygen atoms in total. The summed E-state index contributed by atoms with van der Waals surface area (Å²) in [6.45, 7) is 5.12. The molecule has 6 N–H and O–H groups in total. The van der Waals surface area contributed by atoms with E-state index in [1.54, 1.807) is 62.7 Å². The number of rotatable bonds is 31. The summed E-state index contributed by atoms with van der Waals surface area (Å²) in [5, 5.41) is 21.3. The molecular weight excluding hydrogens is 1270 g/mol. The van der Waals surface area contributed by atoms with E-state index in [-0.39, 0.29) is 93.5 Å². The minimum Gasteiger partial charge on any atom is -0.457 e. The number of anilines is 1. The van der Waals surface area contributed by atoms with E-state index in [1.165, 1.54) is 43.5 Å². The van der Waals surface area contributed by atoms with Gasteiger partial charge in [-0.1, -0.05) is 42.5 Å². The number of hydrogen-bond acceptors (Lipinski definition) is 24. The number of para-hydroxylation sites is 1. The maximum Gasteiger partial charge on any atom is 0.510 e. The first-order valence-electron chi connectivity index (χ1n) is 29.6. The van der Waals surface area contributed by atoms with Gasteiger partial charge in [0.05, 0.1) is 67.8 Å². The summed E-state index contributed by atoms with van der Waals surface area (Å²) in [6, 6.07) is 14.1. The number of nitrogens with zero attached hydrogens (tertiary/aromatic N) is 9. The normalized spacial score (nSPS) is 14.6. The number of carbonyl (C=O) groups excluding carboxylic acids is 6. The largest absolute Gasteiger partial charge is 0.510 e. The van der Waals surface area contributed by atoms with Gasteiger partial charge >= 0.3 is 12.1 Å². The minimum atomic E-state index is -3.57. The third-order valence-electron chi connectivity index (χ3n) is 15.2. The van der Waals surface area contributed by atoms with Gasteiger partial charge in [0.1, 0.15) is 48.9 Å². The van der Waals surface area contributed by atoms with E-state index in [4.69, 9.17) is 34.4 Å². The number of thiazole rings is 1. The number of fused-ring (bicyclic) bond motifs is 5. The average molecular weight is 1340 g/mol. The number of benzene rings is 2. The summed E-state index contributed by atoms with van der Waals surface area (Å²) in [6.07, 6.45) is 6.77. The standard InChI is InChI=1S/C60H70N14O16S3/c1-6-60(45-25-49-52-43(30-73(49)56(79)44(45)32-88-57(60)80)41(42-11-7-8-12-46(42)68-52)18-21-74(36(2)3)93(5,84)85)90-59(81)89-31-37-14-16-39(17-15-37)66-54(78)47(13-9-10-19-61)67-51(76)34-87-33-50(75)62-20-23-86-24-22-72-29-40(70-71-72)28-63-53(77)48-35-91-55(69-48)38-26-64-58(65-27-38)92(4,82)83/h7-8,11-12,14-17,25-27,29,35-36,47H,6,9-10,13,18-24,28,30-34,61H2,1-5H3,(H,62,75)(H,63,77)(H,66,78)(H,67,76)/t47-,60-/m0/s1. The molecule has 2 atom stereocenters. The number of amides is 4. The Kier molecular flexibility index (Phi) is 22.2. The van der Waals surface area contributed by atoms with E-state index < -0.39 is 86.0 Å². The van der Waals surface area contributed by atoms with E-state index in [9.17, 15) is 50.4 Å². The Labute approximate surface area is 538 Å². The third-order valence-corrected chi connectivity index (χ3v) is 18.4. The number of sulfone groups is 1. The molecule has 5 aromatic heterocycles. The van der Waals surface area contributed by atoms with Crippen molar-refractivity contribution < 1.29 is 69.3 Å². The number of carbonyl (C=O) groups is 6. The monoisotopic (exact) mass is 1340 g/mol. The second-order valence-electron chi connectivity index (χ2n) is 22.1. The zero-order valence-corrected chi connectivity index (χ0v) is 54.0. The first kappa shape index (κ1) is 68.4. The predicted octanol–water partition coefficient (Wildman–Crippen LogP) is 2.89. The Bertz CT molecular complexity index is 4220. The van der Waals surface area contributed by atoms with Crippen LogP contribution in [0.4, 0.5) is 10.5 Å². The molecule has 7 aromatic rings. The smallest absolute Gasteiger partial charge is 0.457 e. The van der Waals surface area contributed by atoms with Crippen molar-refractivity contribution >= 4 is 83.5 Å². The lowest BCUT2D eigenvalue weighted by atomic mass is 9.85. The van der Waals surface area contributed by atoms with Gasteiger partial charge in [-0.2, -0.15) is 4.31 Å². The molecule has 0 unspecified atom stereocenters. The number of nitrogens with one attached hydrogen (secondary N) is 4. The van der Waals surface area contributed by atoms with Crippen LogP contribution in [0.5, 0.6) is 0 Å². The molecule has 2 aliphatic heterocycles. The van der Waals surface area contributed by atoms with Crippen LogP contribution in [0.15, 0.2) is 88.5 Å². The van der Waals surface area contributed by atoms with Crippen molar-refractivity contribution in [3.8, 4) is 22.0 Å². The quantitative estimate of drug-likeness (QED) is 0.0237. The van der Waals surface area contributed by atoms with Crippen molar-refractivity contribution in [3.05, 3.63) is 128 Å². The second kappa shape index (κ2) is 30.2. The Morgan fingerprint density at radius 3 is 2.39 bits per heavy atom. The SMILES string of the molecule is CC[C@@]1(OC(=O)OCc2ccc(NC(=O)[C@H](CCCCN)NC(=O)COCC(=O)NCCOCCn3cc(CNC(=O)c4csc(-c5cnc(S(C)(=O)=O)nc5)n4)nn3)cc2)C(=O)OCc2c1cc1n(c2=O)Cc2c-1nc1ccccc1c2CCN(C(C)C)S(C)(=O)=O. The number of nitrogens with two attached hydrogens (primary N) is 1.